The van der Waals surface area contributed by atoms with Crippen molar-refractivity contribution in [2.24, 2.45) is 0 Å². The molecule has 0 saturated carbocycles. The van der Waals surface area contributed by atoms with Gasteiger partial charge in [0.15, 0.2) is 0 Å². The minimum atomic E-state index is -0.148. The Morgan fingerprint density at radius 2 is 1.79 bits per heavy atom. The molecule has 0 aliphatic carbocycles. The Hall–Kier alpha value is -1.45. The van der Waals surface area contributed by atoms with Crippen molar-refractivity contribution in [3.05, 3.63) is 64.2 Å². The first-order valence-electron chi connectivity index (χ1n) is 8.34. The van der Waals surface area contributed by atoms with Gasteiger partial charge in [0.2, 0.25) is 5.91 Å². The van der Waals surface area contributed by atoms with Gasteiger partial charge in [-0.25, -0.2) is 0 Å². The lowest BCUT2D eigenvalue weighted by Gasteiger charge is -2.14. The molecule has 1 amide bonds. The molecular weight excluding hydrogens is 338 g/mol. The first-order chi connectivity index (χ1) is 11.5. The van der Waals surface area contributed by atoms with Crippen molar-refractivity contribution in [2.45, 2.75) is 50.3 Å². The molecule has 0 aliphatic heterocycles. The van der Waals surface area contributed by atoms with E-state index in [4.69, 9.17) is 11.6 Å². The Kier molecular flexibility index (Phi) is 7.19. The molecule has 2 nitrogen and oxygen atoms in total. The second kappa shape index (κ2) is 9.14. The topological polar surface area (TPSA) is 29.1 Å². The zero-order valence-corrected chi connectivity index (χ0v) is 16.0. The lowest BCUT2D eigenvalue weighted by Crippen LogP contribution is -2.30. The predicted octanol–water partition coefficient (Wildman–Crippen LogP) is 5.26. The Bertz CT molecular complexity index is 685. The summed E-state index contributed by atoms with van der Waals surface area (Å²) in [6.07, 6.45) is 1.98. The Morgan fingerprint density at radius 3 is 2.42 bits per heavy atom. The number of benzene rings is 2. The van der Waals surface area contributed by atoms with Crippen molar-refractivity contribution >= 4 is 29.3 Å². The molecule has 0 aliphatic rings. The maximum atomic E-state index is 12.4. The molecule has 0 spiro atoms. The minimum Gasteiger partial charge on any atom is -0.351 e. The molecule has 2 aromatic rings. The molecule has 128 valence electrons. The van der Waals surface area contributed by atoms with Crippen LogP contribution in [0.3, 0.4) is 0 Å². The Morgan fingerprint density at radius 1 is 1.08 bits per heavy atom. The number of amides is 1. The molecule has 1 atom stereocenters. The fraction of sp³-hybridized carbons (Fsp3) is 0.350. The van der Waals surface area contributed by atoms with Gasteiger partial charge in [-0.2, -0.15) is 0 Å². The minimum absolute atomic E-state index is 0.0545. The average Bonchev–Trinajstić information content (AvgIpc) is 2.61. The summed E-state index contributed by atoms with van der Waals surface area (Å²) in [5, 5.41) is 3.63. The highest BCUT2D eigenvalue weighted by Gasteiger charge is 2.14. The summed E-state index contributed by atoms with van der Waals surface area (Å²) in [5.74, 6) is 0.0545. The zero-order valence-electron chi connectivity index (χ0n) is 14.4. The lowest BCUT2D eigenvalue weighted by atomic mass is 10.0. The normalized spacial score (nSPS) is 12.0. The van der Waals surface area contributed by atoms with Crippen molar-refractivity contribution in [3.63, 3.8) is 0 Å². The van der Waals surface area contributed by atoms with E-state index in [0.717, 1.165) is 17.7 Å². The summed E-state index contributed by atoms with van der Waals surface area (Å²) in [4.78, 5) is 13.4. The van der Waals surface area contributed by atoms with Crippen LogP contribution in [0.25, 0.3) is 0 Å². The zero-order chi connectivity index (χ0) is 17.5. The number of hydrogen-bond donors (Lipinski definition) is 1. The lowest BCUT2D eigenvalue weighted by molar-refractivity contribution is -0.120. The fourth-order valence-electron chi connectivity index (χ4n) is 2.51. The van der Waals surface area contributed by atoms with Gasteiger partial charge in [0, 0.05) is 16.5 Å². The molecule has 2 rings (SSSR count). The number of halogens is 1. The predicted molar refractivity (Wildman–Crippen MR) is 104 cm³/mol. The van der Waals surface area contributed by atoms with Gasteiger partial charge in [0.1, 0.15) is 0 Å². The quantitative estimate of drug-likeness (QED) is 0.681. The highest BCUT2D eigenvalue weighted by molar-refractivity contribution is 8.00. The van der Waals surface area contributed by atoms with Gasteiger partial charge in [-0.15, -0.1) is 11.8 Å². The van der Waals surface area contributed by atoms with E-state index in [1.54, 1.807) is 11.8 Å². The summed E-state index contributed by atoms with van der Waals surface area (Å²) < 4.78 is 0. The van der Waals surface area contributed by atoms with Gasteiger partial charge in [-0.3, -0.25) is 4.79 Å². The largest absolute Gasteiger partial charge is 0.351 e. The number of carbonyl (C=O) groups is 1. The van der Waals surface area contributed by atoms with Gasteiger partial charge < -0.3 is 5.32 Å². The standard InChI is InChI=1S/C20H24ClNOS/c1-4-15-6-7-16(5-2)17(12-15)13-22-20(23)14(3)24-19-10-8-18(21)9-11-19/h6-12,14H,4-5,13H2,1-3H3,(H,22,23)/t14-/m0/s1. The van der Waals surface area contributed by atoms with Gasteiger partial charge in [-0.1, -0.05) is 43.6 Å². The van der Waals surface area contributed by atoms with E-state index in [-0.39, 0.29) is 11.2 Å². The molecular formula is C20H24ClNOS. The number of hydrogen-bond acceptors (Lipinski definition) is 2. The number of aryl methyl sites for hydroxylation is 2. The van der Waals surface area contributed by atoms with E-state index in [0.29, 0.717) is 11.6 Å². The second-order valence-corrected chi connectivity index (χ2v) is 7.59. The Labute approximate surface area is 154 Å². The van der Waals surface area contributed by atoms with Crippen molar-refractivity contribution in [1.29, 1.82) is 0 Å². The maximum Gasteiger partial charge on any atom is 0.233 e. The van der Waals surface area contributed by atoms with Crippen LogP contribution in [0.2, 0.25) is 5.02 Å². The highest BCUT2D eigenvalue weighted by atomic mass is 35.5. The van der Waals surface area contributed by atoms with Crippen molar-refractivity contribution < 1.29 is 4.79 Å². The summed E-state index contributed by atoms with van der Waals surface area (Å²) in [5.41, 5.74) is 3.82. The van der Waals surface area contributed by atoms with Gasteiger partial charge in [0.25, 0.3) is 0 Å². The molecule has 0 aromatic heterocycles. The third-order valence-corrected chi connectivity index (χ3v) is 5.37. The van der Waals surface area contributed by atoms with E-state index in [9.17, 15) is 4.79 Å². The van der Waals surface area contributed by atoms with E-state index < -0.39 is 0 Å². The molecule has 4 heteroatoms. The summed E-state index contributed by atoms with van der Waals surface area (Å²) in [6, 6.07) is 14.1. The van der Waals surface area contributed by atoms with Gasteiger partial charge >= 0.3 is 0 Å². The summed E-state index contributed by atoms with van der Waals surface area (Å²) >= 11 is 7.44. The van der Waals surface area contributed by atoms with Crippen molar-refractivity contribution in [2.75, 3.05) is 0 Å². The molecule has 0 unspecified atom stereocenters. The van der Waals surface area contributed by atoms with Crippen LogP contribution in [-0.2, 0) is 24.2 Å². The average molecular weight is 362 g/mol. The monoisotopic (exact) mass is 361 g/mol. The van der Waals surface area contributed by atoms with Crippen LogP contribution in [0, 0.1) is 0 Å². The third-order valence-electron chi connectivity index (χ3n) is 4.01. The smallest absolute Gasteiger partial charge is 0.233 e. The van der Waals surface area contributed by atoms with E-state index >= 15 is 0 Å². The van der Waals surface area contributed by atoms with Crippen LogP contribution in [0.15, 0.2) is 47.4 Å². The number of thioether (sulfide) groups is 1. The number of nitrogens with one attached hydrogen (secondary N) is 1. The first kappa shape index (κ1) is 18.9. The van der Waals surface area contributed by atoms with Crippen LogP contribution < -0.4 is 5.32 Å². The molecule has 0 fully saturated rings. The Balaban J connectivity index is 1.95. The third kappa shape index (κ3) is 5.29. The summed E-state index contributed by atoms with van der Waals surface area (Å²) in [6.45, 7) is 6.80. The molecule has 24 heavy (non-hydrogen) atoms. The molecule has 1 N–H and O–H groups in total. The van der Waals surface area contributed by atoms with Crippen molar-refractivity contribution in [1.82, 2.24) is 5.32 Å². The molecule has 0 bridgehead atoms. The van der Waals surface area contributed by atoms with Gasteiger partial charge in [-0.05, 0) is 60.7 Å². The fourth-order valence-corrected chi connectivity index (χ4v) is 3.52. The number of carbonyl (C=O) groups excluding carboxylic acids is 1. The molecule has 0 radical (unpaired) electrons. The molecule has 0 heterocycles. The van der Waals surface area contributed by atoms with Crippen LogP contribution in [-0.4, -0.2) is 11.2 Å². The van der Waals surface area contributed by atoms with Crippen molar-refractivity contribution in [3.8, 4) is 0 Å². The van der Waals surface area contributed by atoms with E-state index in [2.05, 4.69) is 37.4 Å². The molecule has 2 aromatic carbocycles. The number of rotatable bonds is 7. The van der Waals surface area contributed by atoms with E-state index in [1.165, 1.54) is 16.7 Å². The SMILES string of the molecule is CCc1ccc(CC)c(CNC(=O)[C@H](C)Sc2ccc(Cl)cc2)c1. The second-order valence-electron chi connectivity index (χ2n) is 5.74. The first-order valence-corrected chi connectivity index (χ1v) is 9.59. The summed E-state index contributed by atoms with van der Waals surface area (Å²) in [7, 11) is 0. The maximum absolute atomic E-state index is 12.4. The highest BCUT2D eigenvalue weighted by Crippen LogP contribution is 2.25. The molecule has 0 saturated heterocycles. The van der Waals surface area contributed by atoms with E-state index in [1.807, 2.05) is 31.2 Å². The van der Waals surface area contributed by atoms with Crippen LogP contribution in [0.5, 0.6) is 0 Å². The van der Waals surface area contributed by atoms with Crippen LogP contribution >= 0.6 is 23.4 Å². The van der Waals surface area contributed by atoms with Crippen LogP contribution in [0.4, 0.5) is 0 Å². The van der Waals surface area contributed by atoms with Crippen LogP contribution in [0.1, 0.15) is 37.5 Å². The van der Waals surface area contributed by atoms with Gasteiger partial charge in [0.05, 0.1) is 5.25 Å².